The van der Waals surface area contributed by atoms with Crippen molar-refractivity contribution in [3.05, 3.63) is 47.7 Å². The van der Waals surface area contributed by atoms with Gasteiger partial charge in [-0.1, -0.05) is 25.1 Å². The van der Waals surface area contributed by atoms with Gasteiger partial charge in [0.2, 0.25) is 5.95 Å². The summed E-state index contributed by atoms with van der Waals surface area (Å²) in [6, 6.07) is 6.90. The van der Waals surface area contributed by atoms with Crippen LogP contribution in [0.1, 0.15) is 29.4 Å². The first kappa shape index (κ1) is 16.8. The lowest BCUT2D eigenvalue weighted by Gasteiger charge is -2.11. The smallest absolute Gasteiger partial charge is 0.273 e. The normalized spacial score (nSPS) is 10.8. The van der Waals surface area contributed by atoms with Gasteiger partial charge in [0.25, 0.3) is 5.91 Å². The zero-order valence-corrected chi connectivity index (χ0v) is 14.0. The number of amides is 1. The summed E-state index contributed by atoms with van der Waals surface area (Å²) in [6.07, 6.45) is 2.26. The first-order valence-corrected chi connectivity index (χ1v) is 7.98. The molecule has 3 rings (SSSR count). The average molecular weight is 339 g/mol. The maximum absolute atomic E-state index is 14.2. The molecule has 0 spiro atoms. The van der Waals surface area contributed by atoms with Crippen LogP contribution in [0.5, 0.6) is 0 Å². The van der Waals surface area contributed by atoms with Crippen LogP contribution in [0.3, 0.4) is 0 Å². The summed E-state index contributed by atoms with van der Waals surface area (Å²) in [5, 5.41) is 11.4. The highest BCUT2D eigenvalue weighted by Crippen LogP contribution is 2.31. The first-order valence-electron chi connectivity index (χ1n) is 7.98. The van der Waals surface area contributed by atoms with Gasteiger partial charge in [-0.05, 0) is 25.0 Å². The molecule has 0 radical (unpaired) electrons. The van der Waals surface area contributed by atoms with Crippen LogP contribution in [0.2, 0.25) is 0 Å². The van der Waals surface area contributed by atoms with E-state index in [2.05, 4.69) is 20.5 Å². The van der Waals surface area contributed by atoms with E-state index in [-0.39, 0.29) is 17.3 Å². The topological polar surface area (TPSA) is 93.8 Å². The molecule has 1 aromatic carbocycles. The van der Waals surface area contributed by atoms with Gasteiger partial charge in [-0.25, -0.2) is 4.98 Å². The molecule has 6 nitrogen and oxygen atoms in total. The summed E-state index contributed by atoms with van der Waals surface area (Å²) in [7, 11) is 0. The molecule has 0 saturated heterocycles. The van der Waals surface area contributed by atoms with E-state index < -0.39 is 5.95 Å². The Hall–Kier alpha value is -3.09. The van der Waals surface area contributed by atoms with Gasteiger partial charge < -0.3 is 11.1 Å². The average Bonchev–Trinajstić information content (AvgIpc) is 2.62. The quantitative estimate of drug-likeness (QED) is 0.713. The highest BCUT2D eigenvalue weighted by Gasteiger charge is 2.18. The molecule has 0 unspecified atom stereocenters. The standard InChI is InChI=1S/C18H18FN5O/c1-3-7-21-18(25)16-14(20)12-6-4-5-11(15(12)23-24-16)13-8-10(2)9-22-17(13)19/h4-6,8-9H,3,7H2,1-2H3,(H2,20,23)(H,21,25). The van der Waals surface area contributed by atoms with Crippen LogP contribution < -0.4 is 11.1 Å². The van der Waals surface area contributed by atoms with E-state index in [1.165, 1.54) is 6.20 Å². The van der Waals surface area contributed by atoms with Crippen molar-refractivity contribution in [2.24, 2.45) is 0 Å². The molecular weight excluding hydrogens is 321 g/mol. The van der Waals surface area contributed by atoms with Gasteiger partial charge in [-0.3, -0.25) is 4.79 Å². The molecular formula is C18H18FN5O. The van der Waals surface area contributed by atoms with Gasteiger partial charge in [0.05, 0.1) is 5.69 Å². The van der Waals surface area contributed by atoms with Crippen molar-refractivity contribution < 1.29 is 9.18 Å². The fourth-order valence-corrected chi connectivity index (χ4v) is 2.60. The van der Waals surface area contributed by atoms with Crippen LogP contribution in [-0.4, -0.2) is 27.6 Å². The third-order valence-corrected chi connectivity index (χ3v) is 3.85. The molecule has 0 saturated carbocycles. The predicted molar refractivity (Wildman–Crippen MR) is 94.5 cm³/mol. The number of nitrogens with one attached hydrogen (secondary N) is 1. The number of nitrogens with two attached hydrogens (primary N) is 1. The number of hydrogen-bond acceptors (Lipinski definition) is 5. The highest BCUT2D eigenvalue weighted by molar-refractivity contribution is 6.07. The summed E-state index contributed by atoms with van der Waals surface area (Å²) in [5.74, 6) is -0.967. The molecule has 0 bridgehead atoms. The van der Waals surface area contributed by atoms with Crippen molar-refractivity contribution in [1.29, 1.82) is 0 Å². The van der Waals surface area contributed by atoms with E-state index in [1.54, 1.807) is 24.3 Å². The molecule has 1 amide bonds. The van der Waals surface area contributed by atoms with Crippen molar-refractivity contribution in [2.75, 3.05) is 12.3 Å². The van der Waals surface area contributed by atoms with Gasteiger partial charge in [0.15, 0.2) is 5.69 Å². The Labute approximate surface area is 144 Å². The molecule has 25 heavy (non-hydrogen) atoms. The van der Waals surface area contributed by atoms with Crippen molar-refractivity contribution in [1.82, 2.24) is 20.5 Å². The summed E-state index contributed by atoms with van der Waals surface area (Å²) in [4.78, 5) is 15.9. The predicted octanol–water partition coefficient (Wildman–Crippen LogP) is 2.86. The number of rotatable bonds is 4. The van der Waals surface area contributed by atoms with E-state index in [0.717, 1.165) is 12.0 Å². The lowest BCUT2D eigenvalue weighted by molar-refractivity contribution is 0.0949. The Kier molecular flexibility index (Phi) is 4.56. The number of anilines is 1. The van der Waals surface area contributed by atoms with Gasteiger partial charge in [-0.2, -0.15) is 4.39 Å². The van der Waals surface area contributed by atoms with E-state index in [9.17, 15) is 9.18 Å². The van der Waals surface area contributed by atoms with Crippen LogP contribution in [0.4, 0.5) is 10.1 Å². The Morgan fingerprint density at radius 2 is 2.08 bits per heavy atom. The third-order valence-electron chi connectivity index (χ3n) is 3.85. The molecule has 7 heteroatoms. The van der Waals surface area contributed by atoms with Crippen molar-refractivity contribution in [3.63, 3.8) is 0 Å². The second-order valence-corrected chi connectivity index (χ2v) is 5.77. The van der Waals surface area contributed by atoms with Crippen molar-refractivity contribution >= 4 is 22.5 Å². The van der Waals surface area contributed by atoms with Crippen molar-refractivity contribution in [3.8, 4) is 11.1 Å². The number of hydrogen-bond donors (Lipinski definition) is 2. The van der Waals surface area contributed by atoms with Gasteiger partial charge in [0, 0.05) is 29.3 Å². The molecule has 0 aliphatic carbocycles. The molecule has 0 aliphatic heterocycles. The largest absolute Gasteiger partial charge is 0.396 e. The lowest BCUT2D eigenvalue weighted by atomic mass is 10.0. The van der Waals surface area contributed by atoms with Gasteiger partial charge >= 0.3 is 0 Å². The zero-order chi connectivity index (χ0) is 18.0. The van der Waals surface area contributed by atoms with Crippen LogP contribution in [-0.2, 0) is 0 Å². The second kappa shape index (κ2) is 6.80. The number of aromatic nitrogens is 3. The fraction of sp³-hybridized carbons (Fsp3) is 0.222. The Morgan fingerprint density at radius 3 is 2.84 bits per heavy atom. The number of carbonyl (C=O) groups excluding carboxylic acids is 1. The summed E-state index contributed by atoms with van der Waals surface area (Å²) < 4.78 is 14.2. The molecule has 3 N–H and O–H groups in total. The molecule has 0 aliphatic rings. The summed E-state index contributed by atoms with van der Waals surface area (Å²) >= 11 is 0. The number of nitrogen functional groups attached to an aromatic ring is 1. The van der Waals surface area contributed by atoms with E-state index in [4.69, 9.17) is 5.73 Å². The third kappa shape index (κ3) is 3.13. The van der Waals surface area contributed by atoms with Crippen LogP contribution >= 0.6 is 0 Å². The minimum atomic E-state index is -0.594. The van der Waals surface area contributed by atoms with Crippen LogP contribution in [0.15, 0.2) is 30.5 Å². The second-order valence-electron chi connectivity index (χ2n) is 5.77. The van der Waals surface area contributed by atoms with E-state index in [0.29, 0.717) is 28.6 Å². The SMILES string of the molecule is CCCNC(=O)c1nnc2c(-c3cc(C)cnc3F)cccc2c1N. The number of pyridine rings is 1. The van der Waals surface area contributed by atoms with E-state index in [1.807, 2.05) is 13.8 Å². The fourth-order valence-electron chi connectivity index (χ4n) is 2.60. The summed E-state index contributed by atoms with van der Waals surface area (Å²) in [6.45, 7) is 4.31. The minimum Gasteiger partial charge on any atom is -0.396 e. The zero-order valence-electron chi connectivity index (χ0n) is 14.0. The van der Waals surface area contributed by atoms with Crippen LogP contribution in [0, 0.1) is 12.9 Å². The minimum absolute atomic E-state index is 0.0703. The number of fused-ring (bicyclic) bond motifs is 1. The lowest BCUT2D eigenvalue weighted by Crippen LogP contribution is -2.26. The Morgan fingerprint density at radius 1 is 1.28 bits per heavy atom. The van der Waals surface area contributed by atoms with Gasteiger partial charge in [0.1, 0.15) is 5.52 Å². The summed E-state index contributed by atoms with van der Waals surface area (Å²) in [5.41, 5.74) is 8.54. The molecule has 0 atom stereocenters. The van der Waals surface area contributed by atoms with E-state index >= 15 is 0 Å². The molecule has 0 fully saturated rings. The molecule has 128 valence electrons. The Bertz CT molecular complexity index is 958. The number of carbonyl (C=O) groups is 1. The number of halogens is 1. The molecule has 3 aromatic rings. The van der Waals surface area contributed by atoms with Crippen LogP contribution in [0.25, 0.3) is 22.0 Å². The maximum Gasteiger partial charge on any atom is 0.273 e. The molecule has 2 aromatic heterocycles. The number of aryl methyl sites for hydroxylation is 1. The number of benzene rings is 1. The van der Waals surface area contributed by atoms with Crippen molar-refractivity contribution in [2.45, 2.75) is 20.3 Å². The highest BCUT2D eigenvalue weighted by atomic mass is 19.1. The first-order chi connectivity index (χ1) is 12.0. The Balaban J connectivity index is 2.16. The maximum atomic E-state index is 14.2. The number of nitrogens with zero attached hydrogens (tertiary/aromatic N) is 3. The molecule has 2 heterocycles. The van der Waals surface area contributed by atoms with Gasteiger partial charge in [-0.15, -0.1) is 10.2 Å². The monoisotopic (exact) mass is 339 g/mol.